The topological polar surface area (TPSA) is 12.0 Å². The van der Waals surface area contributed by atoms with Gasteiger partial charge in [0.15, 0.2) is 0 Å². The molecule has 1 fully saturated rings. The third-order valence-electron chi connectivity index (χ3n) is 2.93. The van der Waals surface area contributed by atoms with E-state index in [-0.39, 0.29) is 6.67 Å². The van der Waals surface area contributed by atoms with Crippen LogP contribution in [0.3, 0.4) is 0 Å². The van der Waals surface area contributed by atoms with Crippen LogP contribution in [0.25, 0.3) is 0 Å². The van der Waals surface area contributed by atoms with Crippen molar-refractivity contribution < 1.29 is 4.39 Å². The molecule has 1 aliphatic rings. The quantitative estimate of drug-likeness (QED) is 0.688. The van der Waals surface area contributed by atoms with Gasteiger partial charge in [-0.2, -0.15) is 0 Å². The fourth-order valence-corrected chi connectivity index (χ4v) is 2.20. The summed E-state index contributed by atoms with van der Waals surface area (Å²) < 4.78 is 11.9. The monoisotopic (exact) mass is 173 g/mol. The predicted molar refractivity (Wildman–Crippen MR) is 50.0 cm³/mol. The lowest BCUT2D eigenvalue weighted by atomic mass is 9.83. The Labute approximate surface area is 74.7 Å². The number of hydrogen-bond acceptors (Lipinski definition) is 1. The first kappa shape index (κ1) is 9.97. The van der Waals surface area contributed by atoms with Gasteiger partial charge < -0.3 is 5.32 Å². The Morgan fingerprint density at radius 2 is 2.08 bits per heavy atom. The van der Waals surface area contributed by atoms with Crippen LogP contribution in [0, 0.1) is 5.92 Å². The van der Waals surface area contributed by atoms with Crippen molar-refractivity contribution >= 4 is 0 Å². The fourth-order valence-electron chi connectivity index (χ4n) is 2.20. The normalized spacial score (nSPS) is 30.5. The van der Waals surface area contributed by atoms with Crippen LogP contribution in [-0.4, -0.2) is 19.3 Å². The van der Waals surface area contributed by atoms with Gasteiger partial charge in [0.2, 0.25) is 0 Å². The van der Waals surface area contributed by atoms with Crippen LogP contribution in [0.5, 0.6) is 0 Å². The van der Waals surface area contributed by atoms with E-state index in [4.69, 9.17) is 0 Å². The van der Waals surface area contributed by atoms with Gasteiger partial charge in [-0.25, -0.2) is 4.39 Å². The molecule has 0 spiro atoms. The average Bonchev–Trinajstić information content (AvgIpc) is 2.15. The lowest BCUT2D eigenvalue weighted by molar-refractivity contribution is 0.250. The lowest BCUT2D eigenvalue weighted by Gasteiger charge is -2.31. The molecular weight excluding hydrogens is 153 g/mol. The zero-order valence-corrected chi connectivity index (χ0v) is 7.98. The van der Waals surface area contributed by atoms with Gasteiger partial charge in [-0.1, -0.05) is 26.2 Å². The SMILES string of the molecule is CCC1CCCCC1NCCF. The first-order valence-electron chi connectivity index (χ1n) is 5.17. The van der Waals surface area contributed by atoms with Gasteiger partial charge >= 0.3 is 0 Å². The Morgan fingerprint density at radius 1 is 1.33 bits per heavy atom. The average molecular weight is 173 g/mol. The summed E-state index contributed by atoms with van der Waals surface area (Å²) in [6.07, 6.45) is 6.51. The maximum atomic E-state index is 11.9. The van der Waals surface area contributed by atoms with Crippen molar-refractivity contribution in [3.63, 3.8) is 0 Å². The van der Waals surface area contributed by atoms with Gasteiger partial charge in [-0.3, -0.25) is 0 Å². The summed E-state index contributed by atoms with van der Waals surface area (Å²) in [5.74, 6) is 0.797. The van der Waals surface area contributed by atoms with E-state index in [0.29, 0.717) is 12.6 Å². The molecule has 0 aromatic carbocycles. The molecule has 1 aliphatic carbocycles. The molecule has 12 heavy (non-hydrogen) atoms. The number of alkyl halides is 1. The van der Waals surface area contributed by atoms with Crippen LogP contribution in [0.4, 0.5) is 4.39 Å². The molecule has 0 aromatic rings. The van der Waals surface area contributed by atoms with E-state index in [2.05, 4.69) is 12.2 Å². The van der Waals surface area contributed by atoms with Crippen LogP contribution in [0.15, 0.2) is 0 Å². The van der Waals surface area contributed by atoms with Gasteiger partial charge in [0, 0.05) is 12.6 Å². The van der Waals surface area contributed by atoms with Gasteiger partial charge in [0.1, 0.15) is 6.67 Å². The standard InChI is InChI=1S/C10H20FN/c1-2-9-5-3-4-6-10(9)12-8-7-11/h9-10,12H,2-8H2,1H3. The second-order valence-electron chi connectivity index (χ2n) is 3.70. The van der Waals surface area contributed by atoms with Crippen molar-refractivity contribution in [2.24, 2.45) is 5.92 Å². The molecule has 0 heterocycles. The number of nitrogens with one attached hydrogen (secondary N) is 1. The zero-order valence-electron chi connectivity index (χ0n) is 7.98. The highest BCUT2D eigenvalue weighted by Gasteiger charge is 2.22. The highest BCUT2D eigenvalue weighted by Crippen LogP contribution is 2.26. The van der Waals surface area contributed by atoms with Gasteiger partial charge in [-0.05, 0) is 18.8 Å². The summed E-state index contributed by atoms with van der Waals surface area (Å²) in [6.45, 7) is 2.55. The van der Waals surface area contributed by atoms with Crippen LogP contribution in [0.2, 0.25) is 0 Å². The first-order chi connectivity index (χ1) is 5.88. The Balaban J connectivity index is 2.26. The number of hydrogen-bond donors (Lipinski definition) is 1. The van der Waals surface area contributed by atoms with Gasteiger partial charge in [-0.15, -0.1) is 0 Å². The maximum Gasteiger partial charge on any atom is 0.102 e. The van der Waals surface area contributed by atoms with Crippen molar-refractivity contribution in [3.05, 3.63) is 0 Å². The summed E-state index contributed by atoms with van der Waals surface area (Å²) >= 11 is 0. The van der Waals surface area contributed by atoms with Gasteiger partial charge in [0.05, 0.1) is 0 Å². The van der Waals surface area contributed by atoms with E-state index < -0.39 is 0 Å². The van der Waals surface area contributed by atoms with E-state index in [1.165, 1.54) is 32.1 Å². The minimum absolute atomic E-state index is 0.229. The highest BCUT2D eigenvalue weighted by atomic mass is 19.1. The van der Waals surface area contributed by atoms with E-state index in [9.17, 15) is 4.39 Å². The molecule has 0 amide bonds. The molecule has 0 bridgehead atoms. The second-order valence-corrected chi connectivity index (χ2v) is 3.70. The lowest BCUT2D eigenvalue weighted by Crippen LogP contribution is -2.39. The van der Waals surface area contributed by atoms with Crippen molar-refractivity contribution in [1.29, 1.82) is 0 Å². The smallest absolute Gasteiger partial charge is 0.102 e. The second kappa shape index (κ2) is 5.52. The fraction of sp³-hybridized carbons (Fsp3) is 1.00. The summed E-state index contributed by atoms with van der Waals surface area (Å²) in [6, 6.07) is 0.597. The summed E-state index contributed by atoms with van der Waals surface area (Å²) in [5, 5.41) is 3.30. The van der Waals surface area contributed by atoms with E-state index >= 15 is 0 Å². The molecule has 0 saturated heterocycles. The Hall–Kier alpha value is -0.110. The van der Waals surface area contributed by atoms with Gasteiger partial charge in [0.25, 0.3) is 0 Å². The number of rotatable bonds is 4. The van der Waals surface area contributed by atoms with Crippen LogP contribution in [-0.2, 0) is 0 Å². The third kappa shape index (κ3) is 2.74. The highest BCUT2D eigenvalue weighted by molar-refractivity contribution is 4.79. The molecule has 1 nitrogen and oxygen atoms in total. The molecule has 1 N–H and O–H groups in total. The molecule has 0 radical (unpaired) electrons. The third-order valence-corrected chi connectivity index (χ3v) is 2.93. The van der Waals surface area contributed by atoms with E-state index in [0.717, 1.165) is 5.92 Å². The summed E-state index contributed by atoms with van der Waals surface area (Å²) in [5.41, 5.74) is 0. The predicted octanol–water partition coefficient (Wildman–Crippen LogP) is 2.51. The van der Waals surface area contributed by atoms with Crippen molar-refractivity contribution in [3.8, 4) is 0 Å². The molecule has 2 unspecified atom stereocenters. The molecule has 0 aromatic heterocycles. The largest absolute Gasteiger partial charge is 0.311 e. The van der Waals surface area contributed by atoms with E-state index in [1.54, 1.807) is 0 Å². The molecule has 2 heteroatoms. The molecule has 0 aliphatic heterocycles. The Morgan fingerprint density at radius 3 is 2.75 bits per heavy atom. The Kier molecular flexibility index (Phi) is 4.59. The van der Waals surface area contributed by atoms with Crippen LogP contribution >= 0.6 is 0 Å². The van der Waals surface area contributed by atoms with Crippen molar-refractivity contribution in [2.45, 2.75) is 45.1 Å². The maximum absolute atomic E-state index is 11.9. The summed E-state index contributed by atoms with van der Waals surface area (Å²) in [7, 11) is 0. The van der Waals surface area contributed by atoms with Crippen molar-refractivity contribution in [2.75, 3.05) is 13.2 Å². The minimum Gasteiger partial charge on any atom is -0.311 e. The minimum atomic E-state index is -0.229. The molecule has 1 rings (SSSR count). The van der Waals surface area contributed by atoms with Crippen LogP contribution < -0.4 is 5.32 Å². The number of halogens is 1. The molecular formula is C10H20FN. The molecule has 1 saturated carbocycles. The molecule has 2 atom stereocenters. The summed E-state index contributed by atoms with van der Waals surface area (Å²) in [4.78, 5) is 0. The zero-order chi connectivity index (χ0) is 8.81. The molecule has 72 valence electrons. The first-order valence-corrected chi connectivity index (χ1v) is 5.17. The Bertz CT molecular complexity index is 116. The van der Waals surface area contributed by atoms with Crippen molar-refractivity contribution in [1.82, 2.24) is 5.32 Å². The van der Waals surface area contributed by atoms with E-state index in [1.807, 2.05) is 0 Å². The van der Waals surface area contributed by atoms with Crippen LogP contribution in [0.1, 0.15) is 39.0 Å².